The minimum Gasteiger partial charge on any atom is -0.465 e. The molecule has 1 rings (SSSR count). The standard InChI is InChI=1S/C7H14N2O2/c1-3-9(7(10)11)6-4-8-5(6)2/h5-6,8H,3-4H2,1-2H3,(H,10,11)/t5?,6-/m1/s1. The first-order valence-electron chi connectivity index (χ1n) is 3.89. The number of nitrogens with one attached hydrogen (secondary N) is 1. The highest BCUT2D eigenvalue weighted by atomic mass is 16.4. The molecule has 1 aliphatic rings. The zero-order valence-corrected chi connectivity index (χ0v) is 6.87. The first-order chi connectivity index (χ1) is 5.16. The van der Waals surface area contributed by atoms with Crippen LogP contribution in [0.15, 0.2) is 0 Å². The van der Waals surface area contributed by atoms with E-state index in [2.05, 4.69) is 5.32 Å². The third kappa shape index (κ3) is 1.45. The van der Waals surface area contributed by atoms with Gasteiger partial charge in [-0.3, -0.25) is 0 Å². The summed E-state index contributed by atoms with van der Waals surface area (Å²) in [7, 11) is 0. The summed E-state index contributed by atoms with van der Waals surface area (Å²) in [4.78, 5) is 12.1. The van der Waals surface area contributed by atoms with E-state index in [-0.39, 0.29) is 6.04 Å². The van der Waals surface area contributed by atoms with E-state index in [4.69, 9.17) is 5.11 Å². The summed E-state index contributed by atoms with van der Waals surface area (Å²) in [6, 6.07) is 0.489. The van der Waals surface area contributed by atoms with Crippen LogP contribution in [0.2, 0.25) is 0 Å². The van der Waals surface area contributed by atoms with Gasteiger partial charge in [0.15, 0.2) is 0 Å². The molecule has 0 spiro atoms. The van der Waals surface area contributed by atoms with Gasteiger partial charge in [-0.05, 0) is 13.8 Å². The number of rotatable bonds is 2. The van der Waals surface area contributed by atoms with Gasteiger partial charge in [-0.2, -0.15) is 0 Å². The molecule has 2 atom stereocenters. The molecule has 1 amide bonds. The maximum absolute atomic E-state index is 10.6. The van der Waals surface area contributed by atoms with Crippen LogP contribution in [0.4, 0.5) is 4.79 Å². The van der Waals surface area contributed by atoms with Gasteiger partial charge in [0.1, 0.15) is 0 Å². The van der Waals surface area contributed by atoms with Crippen LogP contribution in [0, 0.1) is 0 Å². The number of amides is 1. The topological polar surface area (TPSA) is 52.6 Å². The normalized spacial score (nSPS) is 29.3. The van der Waals surface area contributed by atoms with Crippen LogP contribution in [-0.2, 0) is 0 Å². The van der Waals surface area contributed by atoms with Gasteiger partial charge in [-0.25, -0.2) is 4.79 Å². The third-order valence-electron chi connectivity index (χ3n) is 2.21. The second-order valence-electron chi connectivity index (χ2n) is 2.83. The number of likely N-dealkylation sites (N-methyl/N-ethyl adjacent to an activating group) is 1. The summed E-state index contributed by atoms with van der Waals surface area (Å²) in [5, 5.41) is 11.8. The van der Waals surface area contributed by atoms with Crippen molar-refractivity contribution in [3.8, 4) is 0 Å². The van der Waals surface area contributed by atoms with Crippen molar-refractivity contribution < 1.29 is 9.90 Å². The van der Waals surface area contributed by atoms with E-state index in [1.165, 1.54) is 4.90 Å². The smallest absolute Gasteiger partial charge is 0.407 e. The van der Waals surface area contributed by atoms with E-state index in [1.54, 1.807) is 0 Å². The molecule has 11 heavy (non-hydrogen) atoms. The molecule has 0 radical (unpaired) electrons. The van der Waals surface area contributed by atoms with Crippen LogP contribution in [0.3, 0.4) is 0 Å². The van der Waals surface area contributed by atoms with Crippen LogP contribution >= 0.6 is 0 Å². The highest BCUT2D eigenvalue weighted by Crippen LogP contribution is 2.11. The average molecular weight is 158 g/mol. The fourth-order valence-corrected chi connectivity index (χ4v) is 1.35. The average Bonchev–Trinajstić information content (AvgIpc) is 1.96. The maximum Gasteiger partial charge on any atom is 0.407 e. The van der Waals surface area contributed by atoms with Crippen LogP contribution in [-0.4, -0.2) is 41.3 Å². The number of hydrogen-bond donors (Lipinski definition) is 2. The largest absolute Gasteiger partial charge is 0.465 e. The van der Waals surface area contributed by atoms with E-state index in [0.717, 1.165) is 6.54 Å². The summed E-state index contributed by atoms with van der Waals surface area (Å²) >= 11 is 0. The Labute approximate surface area is 66.2 Å². The van der Waals surface area contributed by atoms with Gasteiger partial charge in [0, 0.05) is 19.1 Å². The lowest BCUT2D eigenvalue weighted by molar-refractivity contribution is 0.0892. The molecule has 0 bridgehead atoms. The van der Waals surface area contributed by atoms with E-state index in [1.807, 2.05) is 13.8 Å². The highest BCUT2D eigenvalue weighted by Gasteiger charge is 2.33. The van der Waals surface area contributed by atoms with Gasteiger partial charge >= 0.3 is 6.09 Å². The molecular weight excluding hydrogens is 144 g/mol. The molecule has 4 heteroatoms. The van der Waals surface area contributed by atoms with Crippen molar-refractivity contribution in [2.45, 2.75) is 25.9 Å². The molecule has 0 aromatic rings. The molecular formula is C7H14N2O2. The Balaban J connectivity index is 2.48. The Morgan fingerprint density at radius 2 is 2.45 bits per heavy atom. The van der Waals surface area contributed by atoms with Crippen LogP contribution in [0.25, 0.3) is 0 Å². The number of hydrogen-bond acceptors (Lipinski definition) is 2. The van der Waals surface area contributed by atoms with Crippen LogP contribution in [0.5, 0.6) is 0 Å². The van der Waals surface area contributed by atoms with E-state index >= 15 is 0 Å². The minimum absolute atomic E-state index is 0.178. The molecule has 1 fully saturated rings. The monoisotopic (exact) mass is 158 g/mol. The molecule has 1 heterocycles. The fraction of sp³-hybridized carbons (Fsp3) is 0.857. The van der Waals surface area contributed by atoms with E-state index < -0.39 is 6.09 Å². The molecule has 1 unspecified atom stereocenters. The molecule has 1 aliphatic heterocycles. The van der Waals surface area contributed by atoms with Crippen molar-refractivity contribution in [1.82, 2.24) is 10.2 Å². The molecule has 1 saturated heterocycles. The van der Waals surface area contributed by atoms with Crippen molar-refractivity contribution in [3.05, 3.63) is 0 Å². The summed E-state index contributed by atoms with van der Waals surface area (Å²) in [6.07, 6.45) is -0.814. The Hall–Kier alpha value is -0.770. The molecule has 2 N–H and O–H groups in total. The molecule has 0 aromatic carbocycles. The molecule has 64 valence electrons. The van der Waals surface area contributed by atoms with Crippen LogP contribution in [0.1, 0.15) is 13.8 Å². The number of carbonyl (C=O) groups is 1. The van der Waals surface area contributed by atoms with Crippen LogP contribution < -0.4 is 5.32 Å². The zero-order valence-electron chi connectivity index (χ0n) is 6.87. The van der Waals surface area contributed by atoms with Crippen molar-refractivity contribution in [2.75, 3.05) is 13.1 Å². The minimum atomic E-state index is -0.814. The van der Waals surface area contributed by atoms with Gasteiger partial charge < -0.3 is 15.3 Å². The molecule has 0 aliphatic carbocycles. The second kappa shape index (κ2) is 3.09. The lowest BCUT2D eigenvalue weighted by atomic mass is 10.0. The van der Waals surface area contributed by atoms with Crippen molar-refractivity contribution in [3.63, 3.8) is 0 Å². The predicted octanol–water partition coefficient (Wildman–Crippen LogP) is 0.347. The molecule has 0 aromatic heterocycles. The summed E-state index contributed by atoms with van der Waals surface area (Å²) < 4.78 is 0. The first kappa shape index (κ1) is 8.33. The lowest BCUT2D eigenvalue weighted by Crippen LogP contribution is -2.64. The molecule has 0 saturated carbocycles. The lowest BCUT2D eigenvalue weighted by Gasteiger charge is -2.41. The maximum atomic E-state index is 10.6. The first-order valence-corrected chi connectivity index (χ1v) is 3.89. The summed E-state index contributed by atoms with van der Waals surface area (Å²) in [5.41, 5.74) is 0. The molecule has 4 nitrogen and oxygen atoms in total. The fourth-order valence-electron chi connectivity index (χ4n) is 1.35. The SMILES string of the molecule is CCN(C(=O)O)[C@@H]1CNC1C. The van der Waals surface area contributed by atoms with Crippen molar-refractivity contribution in [2.24, 2.45) is 0 Å². The summed E-state index contributed by atoms with van der Waals surface area (Å²) in [5.74, 6) is 0. The Kier molecular flexibility index (Phi) is 2.34. The third-order valence-corrected chi connectivity index (χ3v) is 2.21. The Morgan fingerprint density at radius 3 is 2.55 bits per heavy atom. The highest BCUT2D eigenvalue weighted by molar-refractivity contribution is 5.65. The zero-order chi connectivity index (χ0) is 8.43. The Bertz CT molecular complexity index is 161. The van der Waals surface area contributed by atoms with Crippen molar-refractivity contribution >= 4 is 6.09 Å². The van der Waals surface area contributed by atoms with Gasteiger partial charge in [0.05, 0.1) is 6.04 Å². The summed E-state index contributed by atoms with van der Waals surface area (Å²) in [6.45, 7) is 5.23. The number of nitrogens with zero attached hydrogens (tertiary/aromatic N) is 1. The van der Waals surface area contributed by atoms with Crippen molar-refractivity contribution in [1.29, 1.82) is 0 Å². The van der Waals surface area contributed by atoms with Gasteiger partial charge in [0.25, 0.3) is 0 Å². The predicted molar refractivity (Wildman–Crippen MR) is 41.7 cm³/mol. The number of carboxylic acid groups (broad SMARTS) is 1. The Morgan fingerprint density at radius 1 is 1.82 bits per heavy atom. The van der Waals surface area contributed by atoms with Gasteiger partial charge in [-0.1, -0.05) is 0 Å². The van der Waals surface area contributed by atoms with E-state index in [9.17, 15) is 4.79 Å². The van der Waals surface area contributed by atoms with E-state index in [0.29, 0.717) is 12.6 Å². The quantitative estimate of drug-likeness (QED) is 0.609. The van der Waals surface area contributed by atoms with Gasteiger partial charge in [0.2, 0.25) is 0 Å². The second-order valence-corrected chi connectivity index (χ2v) is 2.83. The van der Waals surface area contributed by atoms with Gasteiger partial charge in [-0.15, -0.1) is 0 Å².